The van der Waals surface area contributed by atoms with Gasteiger partial charge in [0.25, 0.3) is 0 Å². The second-order valence-corrected chi connectivity index (χ2v) is 2.38. The topological polar surface area (TPSA) is 45.0 Å². The molecule has 1 aromatic rings. The molecule has 0 heterocycles. The lowest BCUT2D eigenvalue weighted by molar-refractivity contribution is 0.322. The van der Waals surface area contributed by atoms with Crippen LogP contribution in [0, 0.1) is 5.82 Å². The fraction of sp³-hybridized carbons (Fsp3) is 0.111. The lowest BCUT2D eigenvalue weighted by Gasteiger charge is -1.94. The van der Waals surface area contributed by atoms with Crippen molar-refractivity contribution in [3.05, 3.63) is 35.6 Å². The van der Waals surface area contributed by atoms with Gasteiger partial charge in [-0.05, 0) is 17.7 Å². The van der Waals surface area contributed by atoms with Gasteiger partial charge < -0.3 is 5.21 Å². The van der Waals surface area contributed by atoms with Crippen molar-refractivity contribution in [1.82, 2.24) is 0 Å². The third kappa shape index (κ3) is 3.46. The normalized spacial score (nSPS) is 11.5. The van der Waals surface area contributed by atoms with E-state index in [9.17, 15) is 4.39 Å². The van der Waals surface area contributed by atoms with E-state index >= 15 is 0 Å². The molecule has 0 bridgehead atoms. The quantitative estimate of drug-likeness (QED) is 0.430. The van der Waals surface area contributed by atoms with E-state index in [4.69, 9.17) is 5.21 Å². The highest BCUT2D eigenvalue weighted by Crippen LogP contribution is 2.03. The van der Waals surface area contributed by atoms with Crippen LogP contribution < -0.4 is 0 Å². The van der Waals surface area contributed by atoms with Gasteiger partial charge in [0.05, 0.1) is 12.8 Å². The first-order valence-electron chi connectivity index (χ1n) is 3.73. The molecule has 3 nitrogen and oxygen atoms in total. The van der Waals surface area contributed by atoms with E-state index in [0.717, 1.165) is 11.8 Å². The minimum atomic E-state index is -0.275. The van der Waals surface area contributed by atoms with Gasteiger partial charge in [-0.25, -0.2) is 4.39 Å². The number of hydrogen-bond acceptors (Lipinski definition) is 3. The van der Waals surface area contributed by atoms with Crippen LogP contribution in [0.4, 0.5) is 4.39 Å². The highest BCUT2D eigenvalue weighted by atomic mass is 19.1. The first-order chi connectivity index (χ1) is 6.33. The van der Waals surface area contributed by atoms with Gasteiger partial charge in [-0.1, -0.05) is 17.3 Å². The molecule has 68 valence electrons. The van der Waals surface area contributed by atoms with Crippen LogP contribution in [-0.4, -0.2) is 17.6 Å². The third-order valence-electron chi connectivity index (χ3n) is 1.40. The molecule has 4 heteroatoms. The van der Waals surface area contributed by atoms with Crippen LogP contribution in [0.25, 0.3) is 0 Å². The fourth-order valence-electron chi connectivity index (χ4n) is 0.870. The number of benzene rings is 1. The molecule has 0 fully saturated rings. The molecule has 1 rings (SSSR count). The Morgan fingerprint density at radius 3 is 2.92 bits per heavy atom. The zero-order valence-electron chi connectivity index (χ0n) is 6.89. The predicted molar refractivity (Wildman–Crippen MR) is 48.9 cm³/mol. The summed E-state index contributed by atoms with van der Waals surface area (Å²) in [6.07, 6.45) is 2.50. The number of nitrogens with zero attached hydrogens (tertiary/aromatic N) is 2. The summed E-state index contributed by atoms with van der Waals surface area (Å²) in [6.45, 7) is 0.379. The maximum atomic E-state index is 12.6. The van der Waals surface area contributed by atoms with Crippen LogP contribution >= 0.6 is 0 Å². The second kappa shape index (κ2) is 5.03. The Bertz CT molecular complexity index is 323. The molecule has 0 saturated heterocycles. The van der Waals surface area contributed by atoms with E-state index in [2.05, 4.69) is 10.1 Å². The Kier molecular flexibility index (Phi) is 3.63. The monoisotopic (exact) mass is 180 g/mol. The standard InChI is InChI=1S/C9H9FN2O/c10-9-3-1-2-8(6-9)7-11-4-5-12-13/h1-6,13H,7H2/b11-4?,12-5+. The maximum absolute atomic E-state index is 12.6. The lowest BCUT2D eigenvalue weighted by Crippen LogP contribution is -1.84. The first-order valence-corrected chi connectivity index (χ1v) is 3.73. The van der Waals surface area contributed by atoms with Crippen molar-refractivity contribution >= 4 is 12.4 Å². The minimum Gasteiger partial charge on any atom is -0.411 e. The van der Waals surface area contributed by atoms with Gasteiger partial charge in [0.2, 0.25) is 0 Å². The number of hydrogen-bond donors (Lipinski definition) is 1. The Morgan fingerprint density at radius 2 is 2.23 bits per heavy atom. The van der Waals surface area contributed by atoms with E-state index in [0.29, 0.717) is 6.54 Å². The van der Waals surface area contributed by atoms with Gasteiger partial charge in [0.15, 0.2) is 0 Å². The van der Waals surface area contributed by atoms with Gasteiger partial charge >= 0.3 is 0 Å². The van der Waals surface area contributed by atoms with Crippen molar-refractivity contribution in [2.75, 3.05) is 0 Å². The number of rotatable bonds is 3. The molecule has 0 amide bonds. The number of halogens is 1. The molecule has 0 spiro atoms. The van der Waals surface area contributed by atoms with Crippen LogP contribution in [0.3, 0.4) is 0 Å². The van der Waals surface area contributed by atoms with Crippen LogP contribution in [0.2, 0.25) is 0 Å². The molecule has 1 N–H and O–H groups in total. The molecule has 0 aromatic heterocycles. The smallest absolute Gasteiger partial charge is 0.123 e. The summed E-state index contributed by atoms with van der Waals surface area (Å²) in [5, 5.41) is 10.8. The van der Waals surface area contributed by atoms with Crippen molar-refractivity contribution in [1.29, 1.82) is 0 Å². The van der Waals surface area contributed by atoms with E-state index < -0.39 is 0 Å². The van der Waals surface area contributed by atoms with Gasteiger partial charge in [-0.3, -0.25) is 4.99 Å². The van der Waals surface area contributed by atoms with E-state index in [-0.39, 0.29) is 5.82 Å². The van der Waals surface area contributed by atoms with E-state index in [1.54, 1.807) is 12.1 Å². The Morgan fingerprint density at radius 1 is 1.38 bits per heavy atom. The zero-order chi connectivity index (χ0) is 9.52. The summed E-state index contributed by atoms with van der Waals surface area (Å²) in [6, 6.07) is 6.19. The average Bonchev–Trinajstić information content (AvgIpc) is 2.13. The van der Waals surface area contributed by atoms with Crippen molar-refractivity contribution in [3.63, 3.8) is 0 Å². The Hall–Kier alpha value is -1.71. The van der Waals surface area contributed by atoms with Crippen molar-refractivity contribution in [3.8, 4) is 0 Å². The van der Waals surface area contributed by atoms with Crippen LogP contribution in [0.1, 0.15) is 5.56 Å². The predicted octanol–water partition coefficient (Wildman–Crippen LogP) is 1.86. The summed E-state index contributed by atoms with van der Waals surface area (Å²) >= 11 is 0. The fourth-order valence-corrected chi connectivity index (χ4v) is 0.870. The first kappa shape index (κ1) is 9.38. The van der Waals surface area contributed by atoms with Crippen LogP contribution in [0.15, 0.2) is 34.4 Å². The average molecular weight is 180 g/mol. The van der Waals surface area contributed by atoms with Gasteiger partial charge in [0.1, 0.15) is 5.82 Å². The Labute approximate surface area is 75.2 Å². The molecule has 0 aliphatic rings. The molecular weight excluding hydrogens is 171 g/mol. The molecular formula is C9H9FN2O. The van der Waals surface area contributed by atoms with Gasteiger partial charge in [0, 0.05) is 6.21 Å². The SMILES string of the molecule is O/N=C/C=NCc1cccc(F)c1. The van der Waals surface area contributed by atoms with Crippen molar-refractivity contribution in [2.45, 2.75) is 6.54 Å². The molecule has 0 radical (unpaired) electrons. The summed E-state index contributed by atoms with van der Waals surface area (Å²) in [5.41, 5.74) is 0.780. The van der Waals surface area contributed by atoms with Gasteiger partial charge in [-0.2, -0.15) is 0 Å². The summed E-state index contributed by atoms with van der Waals surface area (Å²) < 4.78 is 12.6. The summed E-state index contributed by atoms with van der Waals surface area (Å²) in [7, 11) is 0. The van der Waals surface area contributed by atoms with Crippen LogP contribution in [-0.2, 0) is 6.54 Å². The van der Waals surface area contributed by atoms with E-state index in [1.807, 2.05) is 0 Å². The number of aliphatic imine (C=N–C) groups is 1. The molecule has 13 heavy (non-hydrogen) atoms. The zero-order valence-corrected chi connectivity index (χ0v) is 6.89. The maximum Gasteiger partial charge on any atom is 0.123 e. The minimum absolute atomic E-state index is 0.275. The van der Waals surface area contributed by atoms with Gasteiger partial charge in [-0.15, -0.1) is 0 Å². The highest BCUT2D eigenvalue weighted by Gasteiger charge is 1.91. The lowest BCUT2D eigenvalue weighted by atomic mass is 10.2. The molecule has 0 saturated carbocycles. The molecule has 0 aliphatic heterocycles. The summed E-state index contributed by atoms with van der Waals surface area (Å²) in [4.78, 5) is 3.87. The Balaban J connectivity index is 2.54. The van der Waals surface area contributed by atoms with E-state index in [1.165, 1.54) is 18.3 Å². The largest absolute Gasteiger partial charge is 0.411 e. The number of oxime groups is 1. The molecule has 0 aliphatic carbocycles. The van der Waals surface area contributed by atoms with Crippen molar-refractivity contribution < 1.29 is 9.60 Å². The highest BCUT2D eigenvalue weighted by molar-refractivity contribution is 6.15. The second-order valence-electron chi connectivity index (χ2n) is 2.38. The molecule has 0 unspecified atom stereocenters. The molecule has 0 atom stereocenters. The third-order valence-corrected chi connectivity index (χ3v) is 1.40. The van der Waals surface area contributed by atoms with Crippen molar-refractivity contribution in [2.24, 2.45) is 10.1 Å². The van der Waals surface area contributed by atoms with Crippen LogP contribution in [0.5, 0.6) is 0 Å². The summed E-state index contributed by atoms with van der Waals surface area (Å²) in [5.74, 6) is -0.275. The molecule has 1 aromatic carbocycles.